The number of H-pyrrole nitrogens is 2. The molecule has 0 unspecified atom stereocenters. The molecular weight excluding hydrogens is 226 g/mol. The first-order chi connectivity index (χ1) is 8.15. The Labute approximate surface area is 94.3 Å². The third kappa shape index (κ3) is 2.68. The van der Waals surface area contributed by atoms with E-state index in [1.165, 1.54) is 24.7 Å². The van der Waals surface area contributed by atoms with Crippen molar-refractivity contribution in [2.75, 3.05) is 5.32 Å². The molecule has 2 rings (SSSR count). The van der Waals surface area contributed by atoms with Gasteiger partial charge in [0.15, 0.2) is 0 Å². The average Bonchev–Trinajstić information content (AvgIpc) is 2.75. The Morgan fingerprint density at radius 2 is 2.29 bits per heavy atom. The van der Waals surface area contributed by atoms with Gasteiger partial charge in [-0.05, 0) is 0 Å². The maximum absolute atomic E-state index is 11.5. The van der Waals surface area contributed by atoms with Crippen LogP contribution in [0.25, 0.3) is 0 Å². The number of hydrogen-bond donors (Lipinski definition) is 3. The highest BCUT2D eigenvalue weighted by Gasteiger charge is 2.05. The van der Waals surface area contributed by atoms with Crippen LogP contribution in [0.3, 0.4) is 0 Å². The molecule has 8 heteroatoms. The first kappa shape index (κ1) is 10.9. The van der Waals surface area contributed by atoms with Crippen LogP contribution in [0.2, 0.25) is 0 Å². The second kappa shape index (κ2) is 4.47. The molecule has 2 heterocycles. The molecular formula is C9H9N5O3. The summed E-state index contributed by atoms with van der Waals surface area (Å²) in [6.45, 7) is -0.180. The fourth-order valence-electron chi connectivity index (χ4n) is 1.24. The molecule has 17 heavy (non-hydrogen) atoms. The molecule has 88 valence electrons. The molecule has 0 atom stereocenters. The molecule has 3 N–H and O–H groups in total. The third-order valence-corrected chi connectivity index (χ3v) is 1.99. The fraction of sp³-hybridized carbons (Fsp3) is 0.111. The van der Waals surface area contributed by atoms with E-state index >= 15 is 0 Å². The van der Waals surface area contributed by atoms with Crippen LogP contribution >= 0.6 is 0 Å². The van der Waals surface area contributed by atoms with Crippen molar-refractivity contribution in [3.05, 3.63) is 45.5 Å². The third-order valence-electron chi connectivity index (χ3n) is 1.99. The van der Waals surface area contributed by atoms with E-state index in [1.807, 2.05) is 0 Å². The predicted molar refractivity (Wildman–Crippen MR) is 58.5 cm³/mol. The molecule has 2 aromatic heterocycles. The largest absolute Gasteiger partial charge is 0.328 e. The SMILES string of the molecule is O=C(Cn1ccc(=O)[nH]c1=O)Nc1cn[nH]c1. The van der Waals surface area contributed by atoms with Crippen molar-refractivity contribution in [2.24, 2.45) is 0 Å². The van der Waals surface area contributed by atoms with E-state index in [0.29, 0.717) is 5.69 Å². The number of rotatable bonds is 3. The predicted octanol–water partition coefficient (Wildman–Crippen LogP) is -1.10. The molecule has 0 fully saturated rings. The zero-order valence-electron chi connectivity index (χ0n) is 8.64. The summed E-state index contributed by atoms with van der Waals surface area (Å²) in [5.74, 6) is -0.388. The molecule has 0 radical (unpaired) electrons. The van der Waals surface area contributed by atoms with Crippen LogP contribution in [0.15, 0.2) is 34.2 Å². The van der Waals surface area contributed by atoms with Gasteiger partial charge >= 0.3 is 5.69 Å². The monoisotopic (exact) mass is 235 g/mol. The Bertz CT molecular complexity index is 625. The van der Waals surface area contributed by atoms with Gasteiger partial charge in [-0.25, -0.2) is 4.79 Å². The van der Waals surface area contributed by atoms with Crippen molar-refractivity contribution >= 4 is 11.6 Å². The van der Waals surface area contributed by atoms with Crippen LogP contribution in [-0.2, 0) is 11.3 Å². The van der Waals surface area contributed by atoms with Gasteiger partial charge in [-0.15, -0.1) is 0 Å². The van der Waals surface area contributed by atoms with Gasteiger partial charge in [0.05, 0.1) is 11.9 Å². The van der Waals surface area contributed by atoms with Crippen LogP contribution in [-0.4, -0.2) is 25.7 Å². The van der Waals surface area contributed by atoms with E-state index in [-0.39, 0.29) is 12.5 Å². The number of aromatic amines is 2. The zero-order chi connectivity index (χ0) is 12.3. The summed E-state index contributed by atoms with van der Waals surface area (Å²) < 4.78 is 1.09. The van der Waals surface area contributed by atoms with Crippen LogP contribution in [0.5, 0.6) is 0 Å². The molecule has 0 saturated carbocycles. The number of hydrogen-bond acceptors (Lipinski definition) is 4. The number of carbonyl (C=O) groups is 1. The molecule has 0 aromatic carbocycles. The molecule has 2 aromatic rings. The van der Waals surface area contributed by atoms with Crippen molar-refractivity contribution < 1.29 is 4.79 Å². The highest BCUT2D eigenvalue weighted by molar-refractivity contribution is 5.90. The summed E-state index contributed by atoms with van der Waals surface area (Å²) in [5.41, 5.74) is -0.617. The Morgan fingerprint density at radius 3 is 2.94 bits per heavy atom. The van der Waals surface area contributed by atoms with E-state index < -0.39 is 11.2 Å². The number of aromatic nitrogens is 4. The lowest BCUT2D eigenvalue weighted by molar-refractivity contribution is -0.116. The van der Waals surface area contributed by atoms with E-state index in [1.54, 1.807) is 0 Å². The first-order valence-corrected chi connectivity index (χ1v) is 4.73. The van der Waals surface area contributed by atoms with Gasteiger partial charge in [-0.2, -0.15) is 5.10 Å². The second-order valence-corrected chi connectivity index (χ2v) is 3.27. The van der Waals surface area contributed by atoms with Crippen molar-refractivity contribution in [3.8, 4) is 0 Å². The quantitative estimate of drug-likeness (QED) is 0.626. The number of nitrogens with one attached hydrogen (secondary N) is 3. The van der Waals surface area contributed by atoms with Crippen molar-refractivity contribution in [3.63, 3.8) is 0 Å². The van der Waals surface area contributed by atoms with E-state index in [0.717, 1.165) is 4.57 Å². The smallest absolute Gasteiger partial charge is 0.322 e. The standard InChI is InChI=1S/C9H9N5O3/c15-7-1-2-14(9(17)13-7)5-8(16)12-6-3-10-11-4-6/h1-4H,5H2,(H,10,11)(H,12,16)(H,13,15,17). The van der Waals surface area contributed by atoms with Crippen LogP contribution in [0.4, 0.5) is 5.69 Å². The minimum atomic E-state index is -0.625. The van der Waals surface area contributed by atoms with E-state index in [4.69, 9.17) is 0 Å². The van der Waals surface area contributed by atoms with Gasteiger partial charge in [0.2, 0.25) is 5.91 Å². The number of anilines is 1. The van der Waals surface area contributed by atoms with Crippen molar-refractivity contribution in [1.29, 1.82) is 0 Å². The van der Waals surface area contributed by atoms with E-state index in [9.17, 15) is 14.4 Å². The summed E-state index contributed by atoms with van der Waals surface area (Å²) in [6.07, 6.45) is 4.21. The fourth-order valence-corrected chi connectivity index (χ4v) is 1.24. The molecule has 0 bridgehead atoms. The maximum Gasteiger partial charge on any atom is 0.328 e. The number of amides is 1. The molecule has 0 saturated heterocycles. The summed E-state index contributed by atoms with van der Waals surface area (Å²) in [4.78, 5) is 35.7. The minimum absolute atomic E-state index is 0.180. The Hall–Kier alpha value is -2.64. The summed E-state index contributed by atoms with van der Waals surface area (Å²) in [7, 11) is 0. The van der Waals surface area contributed by atoms with Crippen LogP contribution in [0, 0.1) is 0 Å². The van der Waals surface area contributed by atoms with Crippen molar-refractivity contribution in [2.45, 2.75) is 6.54 Å². The maximum atomic E-state index is 11.5. The van der Waals surface area contributed by atoms with Gasteiger partial charge in [0.1, 0.15) is 6.54 Å². The minimum Gasteiger partial charge on any atom is -0.322 e. The van der Waals surface area contributed by atoms with Crippen LogP contribution < -0.4 is 16.6 Å². The van der Waals surface area contributed by atoms with Gasteiger partial charge in [0, 0.05) is 18.5 Å². The first-order valence-electron chi connectivity index (χ1n) is 4.73. The van der Waals surface area contributed by atoms with E-state index in [2.05, 4.69) is 20.5 Å². The van der Waals surface area contributed by atoms with Gasteiger partial charge in [-0.3, -0.25) is 24.2 Å². The van der Waals surface area contributed by atoms with Gasteiger partial charge in [-0.1, -0.05) is 0 Å². The van der Waals surface area contributed by atoms with Gasteiger partial charge < -0.3 is 5.32 Å². The van der Waals surface area contributed by atoms with Crippen LogP contribution in [0.1, 0.15) is 0 Å². The number of carbonyl (C=O) groups excluding carboxylic acids is 1. The normalized spacial score (nSPS) is 10.1. The lowest BCUT2D eigenvalue weighted by atomic mass is 10.5. The summed E-state index contributed by atoms with van der Waals surface area (Å²) in [6, 6.07) is 1.17. The Balaban J connectivity index is 2.08. The van der Waals surface area contributed by atoms with Gasteiger partial charge in [0.25, 0.3) is 5.56 Å². The molecule has 0 aliphatic rings. The lowest BCUT2D eigenvalue weighted by Crippen LogP contribution is -2.32. The van der Waals surface area contributed by atoms with Crippen molar-refractivity contribution in [1.82, 2.24) is 19.7 Å². The zero-order valence-corrected chi connectivity index (χ0v) is 8.64. The number of nitrogens with zero attached hydrogens (tertiary/aromatic N) is 2. The lowest BCUT2D eigenvalue weighted by Gasteiger charge is -2.04. The second-order valence-electron chi connectivity index (χ2n) is 3.27. The Morgan fingerprint density at radius 1 is 1.47 bits per heavy atom. The topological polar surface area (TPSA) is 113 Å². The average molecular weight is 235 g/mol. The molecule has 8 nitrogen and oxygen atoms in total. The highest BCUT2D eigenvalue weighted by Crippen LogP contribution is 2.00. The molecule has 1 amide bonds. The highest BCUT2D eigenvalue weighted by atomic mass is 16.2. The molecule has 0 aliphatic heterocycles. The summed E-state index contributed by atoms with van der Waals surface area (Å²) >= 11 is 0. The summed E-state index contributed by atoms with van der Waals surface area (Å²) in [5, 5.41) is 8.72. The molecule has 0 aliphatic carbocycles. The molecule has 0 spiro atoms. The Kier molecular flexibility index (Phi) is 2.86.